The van der Waals surface area contributed by atoms with Crippen molar-refractivity contribution in [1.29, 1.82) is 0 Å². The van der Waals surface area contributed by atoms with Crippen LogP contribution in [-0.4, -0.2) is 43.1 Å². The molecule has 2 saturated carbocycles. The third-order valence-corrected chi connectivity index (χ3v) is 7.44. The molecular weight excluding hydrogens is 398 g/mol. The quantitative estimate of drug-likeness (QED) is 0.610. The molecule has 0 bridgehead atoms. The summed E-state index contributed by atoms with van der Waals surface area (Å²) in [6.45, 7) is 6.45. The first-order valence-corrected chi connectivity index (χ1v) is 12.1. The van der Waals surface area contributed by atoms with E-state index >= 15 is 0 Å². The highest BCUT2D eigenvalue weighted by Gasteiger charge is 2.30. The molecule has 0 aromatic heterocycles. The maximum absolute atomic E-state index is 13.2. The Morgan fingerprint density at radius 1 is 1.17 bits per heavy atom. The van der Waals surface area contributed by atoms with Gasteiger partial charge in [0.1, 0.15) is 5.75 Å². The zero-order valence-electron chi connectivity index (χ0n) is 18.2. The summed E-state index contributed by atoms with van der Waals surface area (Å²) in [6.07, 6.45) is 9.63. The van der Waals surface area contributed by atoms with Crippen molar-refractivity contribution in [3.8, 4) is 5.75 Å². The first kappa shape index (κ1) is 21.8. The van der Waals surface area contributed by atoms with Crippen LogP contribution < -0.4 is 15.8 Å². The lowest BCUT2D eigenvalue weighted by atomic mass is 9.83. The Morgan fingerprint density at radius 3 is 2.63 bits per heavy atom. The van der Waals surface area contributed by atoms with E-state index in [1.54, 1.807) is 12.1 Å². The van der Waals surface area contributed by atoms with Crippen molar-refractivity contribution in [3.63, 3.8) is 0 Å². The van der Waals surface area contributed by atoms with Gasteiger partial charge in [-0.05, 0) is 75.4 Å². The molecule has 4 rings (SSSR count). The van der Waals surface area contributed by atoms with Gasteiger partial charge in [0.25, 0.3) is 5.91 Å². The van der Waals surface area contributed by atoms with Crippen molar-refractivity contribution in [2.45, 2.75) is 64.3 Å². The fourth-order valence-corrected chi connectivity index (χ4v) is 4.96. The van der Waals surface area contributed by atoms with E-state index in [-0.39, 0.29) is 11.9 Å². The van der Waals surface area contributed by atoms with Gasteiger partial charge in [0.15, 0.2) is 0 Å². The standard InChI is InChI=1S/C24H36ClN3O2/c1-16-8-10-28(11-9-16)14-18-4-2-3-5-22(18)27-24(29)19-12-20(25)21(26)13-23(19)30-15-17-6-7-17/h12-13,16-18,22H,2-11,14-15,26H2,1H3,(H,27,29)/t18-,22-/m1/s1. The van der Waals surface area contributed by atoms with Crippen LogP contribution >= 0.6 is 11.6 Å². The number of halogens is 1. The van der Waals surface area contributed by atoms with Crippen molar-refractivity contribution in [1.82, 2.24) is 10.2 Å². The molecule has 3 fully saturated rings. The number of nitrogens with zero attached hydrogens (tertiary/aromatic N) is 1. The number of ether oxygens (including phenoxy) is 1. The number of likely N-dealkylation sites (tertiary alicyclic amines) is 1. The van der Waals surface area contributed by atoms with E-state index < -0.39 is 0 Å². The molecule has 0 unspecified atom stereocenters. The average Bonchev–Trinajstić information content (AvgIpc) is 3.56. The summed E-state index contributed by atoms with van der Waals surface area (Å²) in [5, 5.41) is 3.73. The van der Waals surface area contributed by atoms with Gasteiger partial charge in [-0.3, -0.25) is 4.79 Å². The molecule has 2 aliphatic carbocycles. The van der Waals surface area contributed by atoms with E-state index in [0.717, 1.165) is 18.9 Å². The Labute approximate surface area is 185 Å². The van der Waals surface area contributed by atoms with Crippen molar-refractivity contribution >= 4 is 23.2 Å². The first-order valence-electron chi connectivity index (χ1n) is 11.7. The van der Waals surface area contributed by atoms with Crippen molar-refractivity contribution in [2.24, 2.45) is 17.8 Å². The Balaban J connectivity index is 1.42. The molecule has 0 radical (unpaired) electrons. The number of piperidine rings is 1. The number of nitrogen functional groups attached to an aromatic ring is 1. The molecular formula is C24H36ClN3O2. The molecule has 1 aliphatic heterocycles. The minimum absolute atomic E-state index is 0.0909. The van der Waals surface area contributed by atoms with Gasteiger partial charge >= 0.3 is 0 Å². The lowest BCUT2D eigenvalue weighted by molar-refractivity contribution is 0.0864. The SMILES string of the molecule is CC1CCN(C[C@H]2CCCC[C@H]2NC(=O)c2cc(Cl)c(N)cc2OCC2CC2)CC1. The molecule has 5 nitrogen and oxygen atoms in total. The topological polar surface area (TPSA) is 67.6 Å². The Hall–Kier alpha value is -1.46. The van der Waals surface area contributed by atoms with Crippen LogP contribution in [-0.2, 0) is 0 Å². The molecule has 1 amide bonds. The van der Waals surface area contributed by atoms with Crippen LogP contribution in [0.4, 0.5) is 5.69 Å². The average molecular weight is 434 g/mol. The largest absolute Gasteiger partial charge is 0.492 e. The summed E-state index contributed by atoms with van der Waals surface area (Å²) in [6, 6.07) is 3.57. The summed E-state index contributed by atoms with van der Waals surface area (Å²) in [5.41, 5.74) is 6.94. The highest BCUT2D eigenvalue weighted by Crippen LogP contribution is 2.34. The maximum Gasteiger partial charge on any atom is 0.255 e. The normalized spacial score (nSPS) is 25.8. The third kappa shape index (κ3) is 5.61. The minimum atomic E-state index is -0.0909. The second kappa shape index (κ2) is 9.78. The maximum atomic E-state index is 13.2. The van der Waals surface area contributed by atoms with Crippen LogP contribution in [0.25, 0.3) is 0 Å². The Kier molecular flexibility index (Phi) is 7.09. The number of amides is 1. The molecule has 1 aromatic carbocycles. The Morgan fingerprint density at radius 2 is 1.90 bits per heavy atom. The number of hydrogen-bond donors (Lipinski definition) is 2. The van der Waals surface area contributed by atoms with Crippen LogP contribution in [0.3, 0.4) is 0 Å². The molecule has 3 aliphatic rings. The summed E-state index contributed by atoms with van der Waals surface area (Å²) >= 11 is 6.25. The van der Waals surface area contributed by atoms with Gasteiger partial charge in [0.05, 0.1) is 22.9 Å². The fraction of sp³-hybridized carbons (Fsp3) is 0.708. The smallest absolute Gasteiger partial charge is 0.255 e. The van der Waals surface area contributed by atoms with Crippen molar-refractivity contribution in [2.75, 3.05) is 32.0 Å². The molecule has 0 spiro atoms. The molecule has 166 valence electrons. The monoisotopic (exact) mass is 433 g/mol. The predicted octanol–water partition coefficient (Wildman–Crippen LogP) is 4.73. The summed E-state index contributed by atoms with van der Waals surface area (Å²) in [4.78, 5) is 15.8. The van der Waals surface area contributed by atoms with Gasteiger partial charge in [-0.1, -0.05) is 31.4 Å². The Bertz CT molecular complexity index is 744. The van der Waals surface area contributed by atoms with Gasteiger partial charge < -0.3 is 20.7 Å². The minimum Gasteiger partial charge on any atom is -0.492 e. The van der Waals surface area contributed by atoms with Crippen LogP contribution in [0.2, 0.25) is 5.02 Å². The van der Waals surface area contributed by atoms with Crippen LogP contribution in [0, 0.1) is 17.8 Å². The highest BCUT2D eigenvalue weighted by atomic mass is 35.5. The number of nitrogens with one attached hydrogen (secondary N) is 1. The number of nitrogens with two attached hydrogens (primary N) is 1. The highest BCUT2D eigenvalue weighted by molar-refractivity contribution is 6.33. The van der Waals surface area contributed by atoms with E-state index in [4.69, 9.17) is 22.1 Å². The number of hydrogen-bond acceptors (Lipinski definition) is 4. The number of benzene rings is 1. The lowest BCUT2D eigenvalue weighted by Gasteiger charge is -2.38. The molecule has 3 N–H and O–H groups in total. The molecule has 1 aromatic rings. The summed E-state index contributed by atoms with van der Waals surface area (Å²) < 4.78 is 5.96. The third-order valence-electron chi connectivity index (χ3n) is 7.11. The molecule has 6 heteroatoms. The molecule has 30 heavy (non-hydrogen) atoms. The van der Waals surface area contributed by atoms with Crippen LogP contribution in [0.5, 0.6) is 5.75 Å². The zero-order valence-corrected chi connectivity index (χ0v) is 18.9. The summed E-state index contributed by atoms with van der Waals surface area (Å²) in [5.74, 6) is 2.42. The van der Waals surface area contributed by atoms with Gasteiger partial charge in [0.2, 0.25) is 0 Å². The van der Waals surface area contributed by atoms with E-state index in [0.29, 0.717) is 40.5 Å². The van der Waals surface area contributed by atoms with Gasteiger partial charge in [0, 0.05) is 18.7 Å². The molecule has 1 heterocycles. The number of carbonyl (C=O) groups excluding carboxylic acids is 1. The van der Waals surface area contributed by atoms with Crippen LogP contribution in [0.1, 0.15) is 68.6 Å². The summed E-state index contributed by atoms with van der Waals surface area (Å²) in [7, 11) is 0. The van der Waals surface area contributed by atoms with Gasteiger partial charge in [-0.2, -0.15) is 0 Å². The zero-order chi connectivity index (χ0) is 21.1. The van der Waals surface area contributed by atoms with Crippen molar-refractivity contribution < 1.29 is 9.53 Å². The number of rotatable bonds is 7. The van der Waals surface area contributed by atoms with E-state index in [1.807, 2.05) is 0 Å². The molecule has 2 atom stereocenters. The van der Waals surface area contributed by atoms with Gasteiger partial charge in [-0.25, -0.2) is 0 Å². The van der Waals surface area contributed by atoms with E-state index in [2.05, 4.69) is 17.1 Å². The second-order valence-corrected chi connectivity index (χ2v) is 10.1. The van der Waals surface area contributed by atoms with E-state index in [1.165, 1.54) is 58.0 Å². The van der Waals surface area contributed by atoms with Crippen molar-refractivity contribution in [3.05, 3.63) is 22.7 Å². The molecule has 1 saturated heterocycles. The first-order chi connectivity index (χ1) is 14.5. The fourth-order valence-electron chi connectivity index (χ4n) is 4.80. The second-order valence-electron chi connectivity index (χ2n) is 9.73. The van der Waals surface area contributed by atoms with Gasteiger partial charge in [-0.15, -0.1) is 0 Å². The number of anilines is 1. The number of carbonyl (C=O) groups is 1. The van der Waals surface area contributed by atoms with Crippen LogP contribution in [0.15, 0.2) is 12.1 Å². The lowest BCUT2D eigenvalue weighted by Crippen LogP contribution is -2.47. The predicted molar refractivity (Wildman–Crippen MR) is 122 cm³/mol. The van der Waals surface area contributed by atoms with E-state index in [9.17, 15) is 4.79 Å².